The highest BCUT2D eigenvalue weighted by Gasteiger charge is 2.36. The van der Waals surface area contributed by atoms with Gasteiger partial charge in [0.2, 0.25) is 0 Å². The predicted octanol–water partition coefficient (Wildman–Crippen LogP) is 0.363. The zero-order chi connectivity index (χ0) is 15.9. The Morgan fingerprint density at radius 1 is 0.955 bits per heavy atom. The minimum atomic E-state index is -0.841. The lowest BCUT2D eigenvalue weighted by Crippen LogP contribution is -2.33. The summed E-state index contributed by atoms with van der Waals surface area (Å²) in [4.78, 5) is 24.5. The normalized spacial score (nSPS) is 10.8. The lowest BCUT2D eigenvalue weighted by Gasteiger charge is -1.95. The maximum absolute atomic E-state index is 12.4. The Balaban J connectivity index is 2.09. The van der Waals surface area contributed by atoms with Crippen LogP contribution in [0.25, 0.3) is 0 Å². The van der Waals surface area contributed by atoms with Crippen molar-refractivity contribution in [2.24, 2.45) is 0 Å². The van der Waals surface area contributed by atoms with Crippen molar-refractivity contribution in [1.82, 2.24) is 15.5 Å². The highest BCUT2D eigenvalue weighted by Crippen LogP contribution is 2.16. The summed E-state index contributed by atoms with van der Waals surface area (Å²) in [6, 6.07) is 0. The van der Waals surface area contributed by atoms with Gasteiger partial charge in [-0.05, 0) is 18.8 Å². The molecule has 0 saturated heterocycles. The van der Waals surface area contributed by atoms with Gasteiger partial charge in [-0.3, -0.25) is 14.2 Å². The fraction of sp³-hybridized carbons (Fsp3) is 0.167. The molecule has 0 amide bonds. The maximum atomic E-state index is 12.4. The molecule has 0 unspecified atom stereocenters. The van der Waals surface area contributed by atoms with Crippen molar-refractivity contribution in [3.8, 4) is 0 Å². The zero-order valence-electron chi connectivity index (χ0n) is 11.4. The fourth-order valence-corrected chi connectivity index (χ4v) is 1.83. The van der Waals surface area contributed by atoms with Crippen LogP contribution in [-0.4, -0.2) is 27.0 Å². The second kappa shape index (κ2) is 4.91. The van der Waals surface area contributed by atoms with Gasteiger partial charge in [-0.15, -0.1) is 0 Å². The molecule has 0 saturated carbocycles. The summed E-state index contributed by atoms with van der Waals surface area (Å²) in [5.74, 6) is -1.61. The molecule has 112 valence electrons. The van der Waals surface area contributed by atoms with Crippen molar-refractivity contribution in [2.45, 2.75) is 13.8 Å². The predicted molar refractivity (Wildman–Crippen MR) is 64.8 cm³/mol. The van der Waals surface area contributed by atoms with E-state index in [0.29, 0.717) is 11.1 Å². The first kappa shape index (κ1) is 13.7. The third-order valence-corrected chi connectivity index (χ3v) is 2.97. The van der Waals surface area contributed by atoms with Crippen molar-refractivity contribution >= 4 is 11.6 Å². The van der Waals surface area contributed by atoms with Crippen LogP contribution in [0.4, 0.5) is 0 Å². The monoisotopic (exact) mass is 304 g/mol. The molecule has 22 heavy (non-hydrogen) atoms. The number of nitrogens with zero attached hydrogens (tertiary/aromatic N) is 4. The molecule has 3 heterocycles. The summed E-state index contributed by atoms with van der Waals surface area (Å²) in [6.07, 6.45) is 2.49. The zero-order valence-corrected chi connectivity index (χ0v) is 11.4. The summed E-state index contributed by atoms with van der Waals surface area (Å²) >= 11 is 0. The summed E-state index contributed by atoms with van der Waals surface area (Å²) in [5.41, 5.74) is -0.411. The third kappa shape index (κ3) is 1.97. The second-order valence-electron chi connectivity index (χ2n) is 4.48. The molecule has 10 nitrogen and oxygen atoms in total. The molecule has 0 radical (unpaired) electrons. The average Bonchev–Trinajstić information content (AvgIpc) is 3.18. The summed E-state index contributed by atoms with van der Waals surface area (Å²) in [5, 5.41) is 22.0. The van der Waals surface area contributed by atoms with E-state index in [1.54, 1.807) is 13.8 Å². The number of aromatic nitrogens is 4. The van der Waals surface area contributed by atoms with E-state index in [0.717, 1.165) is 0 Å². The van der Waals surface area contributed by atoms with E-state index in [1.165, 1.54) is 12.5 Å². The van der Waals surface area contributed by atoms with Crippen molar-refractivity contribution in [3.05, 3.63) is 51.6 Å². The van der Waals surface area contributed by atoms with E-state index in [4.69, 9.17) is 0 Å². The Morgan fingerprint density at radius 2 is 1.50 bits per heavy atom. The smallest absolute Gasteiger partial charge is 0.302 e. The van der Waals surface area contributed by atoms with Gasteiger partial charge in [-0.25, -0.2) is 0 Å². The molecule has 0 aromatic carbocycles. The van der Waals surface area contributed by atoms with Crippen molar-refractivity contribution < 1.29 is 28.2 Å². The molecule has 0 spiro atoms. The van der Waals surface area contributed by atoms with Gasteiger partial charge in [0.1, 0.15) is 12.5 Å². The first-order valence-corrected chi connectivity index (χ1v) is 6.01. The van der Waals surface area contributed by atoms with Crippen molar-refractivity contribution in [2.75, 3.05) is 0 Å². The van der Waals surface area contributed by atoms with E-state index in [9.17, 15) is 14.8 Å². The Hall–Kier alpha value is -3.30. The van der Waals surface area contributed by atoms with Crippen LogP contribution in [0.15, 0.2) is 26.2 Å². The summed E-state index contributed by atoms with van der Waals surface area (Å²) < 4.78 is 13.7. The van der Waals surface area contributed by atoms with Gasteiger partial charge in [0.05, 0.1) is 5.16 Å². The van der Waals surface area contributed by atoms with Gasteiger partial charge in [0.15, 0.2) is 11.4 Å². The van der Waals surface area contributed by atoms with Gasteiger partial charge in [-0.2, -0.15) is 0 Å². The van der Waals surface area contributed by atoms with Crippen LogP contribution in [0.2, 0.25) is 0 Å². The second-order valence-corrected chi connectivity index (χ2v) is 4.48. The fourth-order valence-electron chi connectivity index (χ4n) is 1.83. The van der Waals surface area contributed by atoms with Crippen LogP contribution in [0.5, 0.6) is 0 Å². The summed E-state index contributed by atoms with van der Waals surface area (Å²) in [7, 11) is 0. The van der Waals surface area contributed by atoms with Crippen LogP contribution in [0.1, 0.15) is 43.5 Å². The van der Waals surface area contributed by atoms with Crippen LogP contribution < -0.4 is 4.90 Å². The molecule has 0 bridgehead atoms. The van der Waals surface area contributed by atoms with Crippen molar-refractivity contribution in [3.63, 3.8) is 0 Å². The SMILES string of the molecule is Cc1conc1C(=O)c1no[n+]([O-])c1C(=O)c1nocc1C. The van der Waals surface area contributed by atoms with Crippen LogP contribution >= 0.6 is 0 Å². The summed E-state index contributed by atoms with van der Waals surface area (Å²) in [6.45, 7) is 3.15. The maximum Gasteiger partial charge on any atom is 0.302 e. The standard InChI is InChI=1S/C12H8N4O6/c1-5-3-20-13-7(5)11(17)9-10(16(19)22-15-9)12(18)8-6(2)4-21-14-8/h3-4H,1-2H3. The number of hydrogen-bond donors (Lipinski definition) is 0. The molecule has 0 N–H and O–H groups in total. The molecule has 3 aromatic heterocycles. The lowest BCUT2D eigenvalue weighted by atomic mass is 10.1. The van der Waals surface area contributed by atoms with Gasteiger partial charge < -0.3 is 14.3 Å². The first-order chi connectivity index (χ1) is 10.5. The molecule has 0 atom stereocenters. The first-order valence-electron chi connectivity index (χ1n) is 6.01. The molecule has 3 rings (SSSR count). The molecular weight excluding hydrogens is 296 g/mol. The molecule has 0 aliphatic carbocycles. The van der Waals surface area contributed by atoms with Crippen LogP contribution in [-0.2, 0) is 0 Å². The van der Waals surface area contributed by atoms with Gasteiger partial charge in [0, 0.05) is 11.1 Å². The third-order valence-electron chi connectivity index (χ3n) is 2.97. The largest absolute Gasteiger partial charge is 0.364 e. The van der Waals surface area contributed by atoms with Gasteiger partial charge in [-0.1, -0.05) is 10.3 Å². The van der Waals surface area contributed by atoms with E-state index in [2.05, 4.69) is 29.1 Å². The van der Waals surface area contributed by atoms with Crippen LogP contribution in [0, 0.1) is 19.1 Å². The Morgan fingerprint density at radius 3 is 2.00 bits per heavy atom. The highest BCUT2D eigenvalue weighted by atomic mass is 16.8. The Labute approximate surface area is 121 Å². The molecule has 3 aromatic rings. The van der Waals surface area contributed by atoms with Gasteiger partial charge in [0.25, 0.3) is 17.3 Å². The Kier molecular flexibility index (Phi) is 3.05. The molecule has 0 aliphatic rings. The van der Waals surface area contributed by atoms with E-state index < -0.39 is 23.0 Å². The number of aryl methyl sites for hydroxylation is 2. The molecular formula is C12H8N4O6. The van der Waals surface area contributed by atoms with Gasteiger partial charge >= 0.3 is 5.69 Å². The van der Waals surface area contributed by atoms with E-state index >= 15 is 0 Å². The van der Waals surface area contributed by atoms with E-state index in [-0.39, 0.29) is 16.3 Å². The highest BCUT2D eigenvalue weighted by molar-refractivity contribution is 6.16. The lowest BCUT2D eigenvalue weighted by molar-refractivity contribution is -0.803. The average molecular weight is 304 g/mol. The molecule has 0 fully saturated rings. The topological polar surface area (TPSA) is 139 Å². The Bertz CT molecular complexity index is 874. The number of carbonyl (C=O) groups is 2. The number of ketones is 2. The number of rotatable bonds is 4. The number of hydrogen-bond acceptors (Lipinski definition) is 9. The minimum absolute atomic E-state index is 0.0696. The number of carbonyl (C=O) groups excluding carboxylic acids is 2. The van der Waals surface area contributed by atoms with Crippen LogP contribution in [0.3, 0.4) is 0 Å². The molecule has 0 aliphatic heterocycles. The minimum Gasteiger partial charge on any atom is -0.364 e. The molecule has 10 heteroatoms. The quantitative estimate of drug-likeness (QED) is 0.493. The van der Waals surface area contributed by atoms with E-state index in [1.807, 2.05) is 0 Å². The van der Waals surface area contributed by atoms with Crippen molar-refractivity contribution in [1.29, 1.82) is 0 Å².